The Balaban J connectivity index is 1.99. The third kappa shape index (κ3) is 2.69. The summed E-state index contributed by atoms with van der Waals surface area (Å²) in [6, 6.07) is 2.05. The summed E-state index contributed by atoms with van der Waals surface area (Å²) in [5.74, 6) is 0.649. The number of fused-ring (bicyclic) bond motifs is 1. The Morgan fingerprint density at radius 1 is 1.22 bits per heavy atom. The largest absolute Gasteiger partial charge is 0.481 e. The molecule has 3 aromatic heterocycles. The van der Waals surface area contributed by atoms with Crippen molar-refractivity contribution >= 4 is 11.3 Å². The second kappa shape index (κ2) is 5.83. The van der Waals surface area contributed by atoms with Crippen molar-refractivity contribution in [1.29, 1.82) is 0 Å². The second-order valence-corrected chi connectivity index (χ2v) is 5.61. The first-order chi connectivity index (χ1) is 11.0. The molecule has 0 saturated heterocycles. The lowest BCUT2D eigenvalue weighted by atomic mass is 10.1. The van der Waals surface area contributed by atoms with Crippen LogP contribution in [-0.2, 0) is 6.54 Å². The molecule has 0 aliphatic rings. The quantitative estimate of drug-likeness (QED) is 0.797. The van der Waals surface area contributed by atoms with E-state index in [1.165, 1.54) is 0 Å². The summed E-state index contributed by atoms with van der Waals surface area (Å²) in [5.41, 5.74) is 6.75. The van der Waals surface area contributed by atoms with Crippen LogP contribution in [0.1, 0.15) is 28.1 Å². The smallest absolute Gasteiger partial charge is 0.218 e. The van der Waals surface area contributed by atoms with Crippen molar-refractivity contribution in [2.24, 2.45) is 0 Å². The van der Waals surface area contributed by atoms with Crippen LogP contribution in [0.4, 0.5) is 5.69 Å². The second-order valence-electron chi connectivity index (χ2n) is 5.61. The van der Waals surface area contributed by atoms with Gasteiger partial charge in [-0.1, -0.05) is 0 Å². The summed E-state index contributed by atoms with van der Waals surface area (Å²) in [6.07, 6.45) is 1.60. The molecule has 0 saturated carbocycles. The van der Waals surface area contributed by atoms with E-state index in [0.29, 0.717) is 18.1 Å². The molecule has 7 nitrogen and oxygen atoms in total. The van der Waals surface area contributed by atoms with Crippen molar-refractivity contribution in [1.82, 2.24) is 24.8 Å². The van der Waals surface area contributed by atoms with Crippen LogP contribution >= 0.6 is 0 Å². The lowest BCUT2D eigenvalue weighted by molar-refractivity contribution is 0.391. The molecular weight excluding hydrogens is 292 g/mol. The van der Waals surface area contributed by atoms with Gasteiger partial charge in [0, 0.05) is 17.8 Å². The Hall–Kier alpha value is -2.70. The van der Waals surface area contributed by atoms with Crippen molar-refractivity contribution in [3.8, 4) is 5.88 Å². The monoisotopic (exact) mass is 312 g/mol. The Bertz CT molecular complexity index is 871. The summed E-state index contributed by atoms with van der Waals surface area (Å²) in [5, 5.41) is 16.0. The summed E-state index contributed by atoms with van der Waals surface area (Å²) in [4.78, 5) is 4.45. The number of nitrogens with one attached hydrogen (secondary N) is 1. The van der Waals surface area contributed by atoms with Gasteiger partial charge in [0.05, 0.1) is 18.5 Å². The molecule has 0 aliphatic heterocycles. The van der Waals surface area contributed by atoms with Crippen LogP contribution in [0.25, 0.3) is 5.65 Å². The SMILES string of the molecule is COc1nc(C)cc(C)c1CNc1c(C)c(C)nn2cnnc12. The van der Waals surface area contributed by atoms with Gasteiger partial charge < -0.3 is 10.1 Å². The maximum Gasteiger partial charge on any atom is 0.218 e. The van der Waals surface area contributed by atoms with Crippen LogP contribution in [0.2, 0.25) is 0 Å². The highest BCUT2D eigenvalue weighted by atomic mass is 16.5. The maximum absolute atomic E-state index is 5.43. The molecule has 3 heterocycles. The first-order valence-electron chi connectivity index (χ1n) is 7.43. The van der Waals surface area contributed by atoms with Gasteiger partial charge in [-0.2, -0.15) is 9.61 Å². The van der Waals surface area contributed by atoms with E-state index >= 15 is 0 Å². The molecule has 3 rings (SSSR count). The number of ether oxygens (including phenoxy) is 1. The molecule has 1 N–H and O–H groups in total. The first kappa shape index (κ1) is 15.2. The van der Waals surface area contributed by atoms with E-state index in [-0.39, 0.29) is 0 Å². The normalized spacial score (nSPS) is 11.0. The highest BCUT2D eigenvalue weighted by molar-refractivity contribution is 5.71. The number of aryl methyl sites for hydroxylation is 3. The highest BCUT2D eigenvalue weighted by Crippen LogP contribution is 2.25. The number of nitrogens with zero attached hydrogens (tertiary/aromatic N) is 5. The molecule has 0 bridgehead atoms. The van der Waals surface area contributed by atoms with Crippen molar-refractivity contribution < 1.29 is 4.74 Å². The molecule has 0 aliphatic carbocycles. The molecule has 0 atom stereocenters. The molecule has 0 fully saturated rings. The Kier molecular flexibility index (Phi) is 3.85. The number of aromatic nitrogens is 5. The zero-order valence-corrected chi connectivity index (χ0v) is 14.0. The van der Waals surface area contributed by atoms with Crippen LogP contribution in [0.15, 0.2) is 12.4 Å². The van der Waals surface area contributed by atoms with Crippen LogP contribution in [-0.4, -0.2) is 31.9 Å². The third-order valence-corrected chi connectivity index (χ3v) is 4.00. The minimum Gasteiger partial charge on any atom is -0.481 e. The van der Waals surface area contributed by atoms with Crippen molar-refractivity contribution in [3.63, 3.8) is 0 Å². The fourth-order valence-corrected chi connectivity index (χ4v) is 2.65. The molecule has 0 amide bonds. The number of anilines is 1. The fourth-order valence-electron chi connectivity index (χ4n) is 2.65. The Morgan fingerprint density at radius 3 is 2.74 bits per heavy atom. The third-order valence-electron chi connectivity index (χ3n) is 4.00. The fraction of sp³-hybridized carbons (Fsp3) is 0.375. The minimum absolute atomic E-state index is 0.592. The van der Waals surface area contributed by atoms with E-state index in [4.69, 9.17) is 4.74 Å². The van der Waals surface area contributed by atoms with E-state index in [1.54, 1.807) is 18.0 Å². The van der Waals surface area contributed by atoms with Crippen molar-refractivity contribution in [3.05, 3.63) is 40.5 Å². The zero-order valence-electron chi connectivity index (χ0n) is 14.0. The molecule has 3 aromatic rings. The van der Waals surface area contributed by atoms with Gasteiger partial charge in [0.25, 0.3) is 0 Å². The molecule has 0 radical (unpaired) electrons. The maximum atomic E-state index is 5.43. The minimum atomic E-state index is 0.592. The highest BCUT2D eigenvalue weighted by Gasteiger charge is 2.14. The summed E-state index contributed by atoms with van der Waals surface area (Å²) < 4.78 is 7.11. The van der Waals surface area contributed by atoms with Crippen molar-refractivity contribution in [2.75, 3.05) is 12.4 Å². The van der Waals surface area contributed by atoms with Gasteiger partial charge in [0.1, 0.15) is 6.33 Å². The first-order valence-corrected chi connectivity index (χ1v) is 7.43. The average molecular weight is 312 g/mol. The number of hydrogen-bond acceptors (Lipinski definition) is 6. The lowest BCUT2D eigenvalue weighted by Gasteiger charge is -2.15. The molecule has 0 spiro atoms. The van der Waals surface area contributed by atoms with Gasteiger partial charge in [0.2, 0.25) is 11.5 Å². The van der Waals surface area contributed by atoms with Crippen LogP contribution in [0, 0.1) is 27.7 Å². The molecule has 23 heavy (non-hydrogen) atoms. The van der Waals surface area contributed by atoms with Gasteiger partial charge in [-0.15, -0.1) is 10.2 Å². The van der Waals surface area contributed by atoms with Crippen LogP contribution in [0.3, 0.4) is 0 Å². The Labute approximate surface area is 134 Å². The summed E-state index contributed by atoms with van der Waals surface area (Å²) in [7, 11) is 1.64. The van der Waals surface area contributed by atoms with Crippen LogP contribution < -0.4 is 10.1 Å². The molecule has 120 valence electrons. The number of methoxy groups -OCH3 is 1. The standard InChI is InChI=1S/C16H20N6O/c1-9-6-10(2)19-16(23-5)13(9)7-17-14-11(3)12(4)21-22-8-18-20-15(14)22/h6,8,17H,7H2,1-5H3. The predicted molar refractivity (Wildman–Crippen MR) is 87.8 cm³/mol. The number of rotatable bonds is 4. The number of hydrogen-bond donors (Lipinski definition) is 1. The summed E-state index contributed by atoms with van der Waals surface area (Å²) in [6.45, 7) is 8.61. The summed E-state index contributed by atoms with van der Waals surface area (Å²) >= 11 is 0. The molecular formula is C16H20N6O. The molecule has 7 heteroatoms. The predicted octanol–water partition coefficient (Wildman–Crippen LogP) is 2.37. The van der Waals surface area contributed by atoms with E-state index in [9.17, 15) is 0 Å². The lowest BCUT2D eigenvalue weighted by Crippen LogP contribution is -2.10. The van der Waals surface area contributed by atoms with E-state index < -0.39 is 0 Å². The van der Waals surface area contributed by atoms with Crippen LogP contribution in [0.5, 0.6) is 5.88 Å². The van der Waals surface area contributed by atoms with E-state index in [2.05, 4.69) is 38.6 Å². The zero-order chi connectivity index (χ0) is 16.6. The van der Waals surface area contributed by atoms with Gasteiger partial charge in [-0.25, -0.2) is 4.98 Å². The van der Waals surface area contributed by atoms with Gasteiger partial charge in [0.15, 0.2) is 0 Å². The van der Waals surface area contributed by atoms with E-state index in [0.717, 1.165) is 33.8 Å². The Morgan fingerprint density at radius 2 is 2.00 bits per heavy atom. The molecule has 0 unspecified atom stereocenters. The van der Waals surface area contributed by atoms with Gasteiger partial charge in [-0.05, 0) is 44.9 Å². The average Bonchev–Trinajstić information content (AvgIpc) is 2.96. The molecule has 0 aromatic carbocycles. The van der Waals surface area contributed by atoms with Crippen molar-refractivity contribution in [2.45, 2.75) is 34.2 Å². The van der Waals surface area contributed by atoms with Gasteiger partial charge in [-0.3, -0.25) is 0 Å². The van der Waals surface area contributed by atoms with Gasteiger partial charge >= 0.3 is 0 Å². The topological polar surface area (TPSA) is 77.2 Å². The number of pyridine rings is 1. The van der Waals surface area contributed by atoms with E-state index in [1.807, 2.05) is 20.8 Å².